The summed E-state index contributed by atoms with van der Waals surface area (Å²) in [6, 6.07) is 7.60. The van der Waals surface area contributed by atoms with Crippen LogP contribution in [0, 0.1) is 0 Å². The van der Waals surface area contributed by atoms with Crippen LogP contribution in [-0.4, -0.2) is 55.8 Å². The maximum Gasteiger partial charge on any atom is 0.341 e. The first-order valence-corrected chi connectivity index (χ1v) is 6.03. The van der Waals surface area contributed by atoms with Crippen molar-refractivity contribution in [1.29, 1.82) is 0 Å². The molecule has 1 aliphatic rings. The molecule has 0 spiro atoms. The van der Waals surface area contributed by atoms with Gasteiger partial charge in [0, 0.05) is 37.9 Å². The Balaban J connectivity index is 2.00. The molecule has 0 aliphatic carbocycles. The molecule has 0 aromatic heterocycles. The van der Waals surface area contributed by atoms with Gasteiger partial charge >= 0.3 is 5.97 Å². The molecule has 1 aromatic rings. The van der Waals surface area contributed by atoms with Crippen molar-refractivity contribution in [3.8, 4) is 5.75 Å². The van der Waals surface area contributed by atoms with Gasteiger partial charge in [0.15, 0.2) is 6.61 Å². The zero-order valence-electron chi connectivity index (χ0n) is 10.5. The zero-order valence-corrected chi connectivity index (χ0v) is 10.5. The largest absolute Gasteiger partial charge is 0.482 e. The minimum atomic E-state index is -0.958. The summed E-state index contributed by atoms with van der Waals surface area (Å²) in [6.45, 7) is 3.75. The molecule has 18 heavy (non-hydrogen) atoms. The molecule has 0 amide bonds. The highest BCUT2D eigenvalue weighted by Crippen LogP contribution is 2.22. The highest BCUT2D eigenvalue weighted by atomic mass is 16.5. The summed E-state index contributed by atoms with van der Waals surface area (Å²) in [5, 5.41) is 8.58. The van der Waals surface area contributed by atoms with E-state index in [-0.39, 0.29) is 6.61 Å². The van der Waals surface area contributed by atoms with Crippen LogP contribution in [-0.2, 0) is 4.79 Å². The molecule has 0 atom stereocenters. The second kappa shape index (κ2) is 5.73. The molecular weight excluding hydrogens is 232 g/mol. The van der Waals surface area contributed by atoms with Crippen LogP contribution < -0.4 is 9.64 Å². The van der Waals surface area contributed by atoms with E-state index in [0.29, 0.717) is 5.75 Å². The van der Waals surface area contributed by atoms with Crippen molar-refractivity contribution in [2.45, 2.75) is 0 Å². The fourth-order valence-electron chi connectivity index (χ4n) is 1.98. The monoisotopic (exact) mass is 250 g/mol. The lowest BCUT2D eigenvalue weighted by Gasteiger charge is -2.34. The van der Waals surface area contributed by atoms with Crippen molar-refractivity contribution in [2.75, 3.05) is 44.7 Å². The molecule has 98 valence electrons. The van der Waals surface area contributed by atoms with E-state index in [1.54, 1.807) is 6.07 Å². The summed E-state index contributed by atoms with van der Waals surface area (Å²) in [5.74, 6) is -0.353. The first-order valence-electron chi connectivity index (χ1n) is 6.03. The van der Waals surface area contributed by atoms with E-state index in [0.717, 1.165) is 31.9 Å². The third-order valence-electron chi connectivity index (χ3n) is 3.05. The van der Waals surface area contributed by atoms with Crippen LogP contribution in [0.15, 0.2) is 24.3 Å². The number of likely N-dealkylation sites (N-methyl/N-ethyl adjacent to an activating group) is 1. The van der Waals surface area contributed by atoms with Crippen molar-refractivity contribution in [3.63, 3.8) is 0 Å². The van der Waals surface area contributed by atoms with Gasteiger partial charge in [-0.25, -0.2) is 4.79 Å². The van der Waals surface area contributed by atoms with Gasteiger partial charge in [-0.1, -0.05) is 6.07 Å². The zero-order chi connectivity index (χ0) is 13.0. The van der Waals surface area contributed by atoms with E-state index in [9.17, 15) is 4.79 Å². The Bertz CT molecular complexity index is 414. The van der Waals surface area contributed by atoms with Gasteiger partial charge in [-0.2, -0.15) is 0 Å². The number of piperazine rings is 1. The van der Waals surface area contributed by atoms with Crippen LogP contribution >= 0.6 is 0 Å². The Kier molecular flexibility index (Phi) is 4.04. The third-order valence-corrected chi connectivity index (χ3v) is 3.05. The summed E-state index contributed by atoms with van der Waals surface area (Å²) in [5.41, 5.74) is 1.09. The van der Waals surface area contributed by atoms with E-state index < -0.39 is 5.97 Å². The number of ether oxygens (including phenoxy) is 1. The van der Waals surface area contributed by atoms with Crippen molar-refractivity contribution in [1.82, 2.24) is 4.90 Å². The van der Waals surface area contributed by atoms with Crippen LogP contribution in [0.4, 0.5) is 5.69 Å². The molecule has 1 aliphatic heterocycles. The molecule has 1 aromatic carbocycles. The molecule has 0 saturated carbocycles. The number of carboxylic acids is 1. The van der Waals surface area contributed by atoms with Gasteiger partial charge in [0.1, 0.15) is 5.75 Å². The Morgan fingerprint density at radius 3 is 2.72 bits per heavy atom. The van der Waals surface area contributed by atoms with E-state index >= 15 is 0 Å². The Hall–Kier alpha value is -1.75. The molecule has 5 nitrogen and oxygen atoms in total. The molecule has 1 heterocycles. The van der Waals surface area contributed by atoms with E-state index in [2.05, 4.69) is 16.8 Å². The summed E-state index contributed by atoms with van der Waals surface area (Å²) in [6.07, 6.45) is 0. The second-order valence-electron chi connectivity index (χ2n) is 4.47. The summed E-state index contributed by atoms with van der Waals surface area (Å²) < 4.78 is 5.18. The number of hydrogen-bond acceptors (Lipinski definition) is 4. The summed E-state index contributed by atoms with van der Waals surface area (Å²) >= 11 is 0. The lowest BCUT2D eigenvalue weighted by Crippen LogP contribution is -2.44. The molecule has 1 saturated heterocycles. The smallest absolute Gasteiger partial charge is 0.341 e. The number of benzene rings is 1. The van der Waals surface area contributed by atoms with Gasteiger partial charge in [0.25, 0.3) is 0 Å². The second-order valence-corrected chi connectivity index (χ2v) is 4.47. The van der Waals surface area contributed by atoms with E-state index in [1.807, 2.05) is 18.2 Å². The van der Waals surface area contributed by atoms with Gasteiger partial charge in [0.05, 0.1) is 0 Å². The molecule has 0 radical (unpaired) electrons. The van der Waals surface area contributed by atoms with Crippen LogP contribution in [0.2, 0.25) is 0 Å². The van der Waals surface area contributed by atoms with Crippen LogP contribution in [0.1, 0.15) is 0 Å². The summed E-state index contributed by atoms with van der Waals surface area (Å²) in [4.78, 5) is 15.0. The predicted octanol–water partition coefficient (Wildman–Crippen LogP) is 0.902. The minimum absolute atomic E-state index is 0.299. The lowest BCUT2D eigenvalue weighted by molar-refractivity contribution is -0.139. The van der Waals surface area contributed by atoms with Crippen LogP contribution in [0.25, 0.3) is 0 Å². The molecule has 1 fully saturated rings. The predicted molar refractivity (Wildman–Crippen MR) is 69.3 cm³/mol. The Labute approximate surface area is 107 Å². The van der Waals surface area contributed by atoms with Crippen molar-refractivity contribution in [3.05, 3.63) is 24.3 Å². The number of carboxylic acid groups (broad SMARTS) is 1. The molecule has 0 unspecified atom stereocenters. The number of aliphatic carboxylic acids is 1. The number of anilines is 1. The van der Waals surface area contributed by atoms with E-state index in [4.69, 9.17) is 9.84 Å². The van der Waals surface area contributed by atoms with Gasteiger partial charge in [-0.05, 0) is 19.2 Å². The van der Waals surface area contributed by atoms with Crippen molar-refractivity contribution in [2.24, 2.45) is 0 Å². The highest BCUT2D eigenvalue weighted by Gasteiger charge is 2.14. The maximum absolute atomic E-state index is 10.5. The van der Waals surface area contributed by atoms with E-state index in [1.165, 1.54) is 0 Å². The first-order chi connectivity index (χ1) is 8.65. The normalized spacial score (nSPS) is 16.6. The average molecular weight is 250 g/mol. The van der Waals surface area contributed by atoms with Gasteiger partial charge in [0.2, 0.25) is 0 Å². The fourth-order valence-corrected chi connectivity index (χ4v) is 1.98. The Morgan fingerprint density at radius 2 is 2.06 bits per heavy atom. The molecule has 1 N–H and O–H groups in total. The topological polar surface area (TPSA) is 53.0 Å². The third kappa shape index (κ3) is 3.37. The summed E-state index contributed by atoms with van der Waals surface area (Å²) in [7, 11) is 2.11. The number of hydrogen-bond donors (Lipinski definition) is 1. The quantitative estimate of drug-likeness (QED) is 0.860. The highest BCUT2D eigenvalue weighted by molar-refractivity contribution is 5.68. The number of nitrogens with zero attached hydrogens (tertiary/aromatic N) is 2. The fraction of sp³-hybridized carbons (Fsp3) is 0.462. The average Bonchev–Trinajstić information content (AvgIpc) is 2.37. The number of carbonyl (C=O) groups is 1. The first kappa shape index (κ1) is 12.7. The van der Waals surface area contributed by atoms with Crippen molar-refractivity contribution < 1.29 is 14.6 Å². The minimum Gasteiger partial charge on any atom is -0.482 e. The SMILES string of the molecule is CN1CCN(c2cccc(OCC(=O)O)c2)CC1. The van der Waals surface area contributed by atoms with Crippen molar-refractivity contribution >= 4 is 11.7 Å². The van der Waals surface area contributed by atoms with Gasteiger partial charge < -0.3 is 19.6 Å². The van der Waals surface area contributed by atoms with Crippen LogP contribution in [0.3, 0.4) is 0 Å². The van der Waals surface area contributed by atoms with Gasteiger partial charge in [-0.3, -0.25) is 0 Å². The van der Waals surface area contributed by atoms with Gasteiger partial charge in [-0.15, -0.1) is 0 Å². The standard InChI is InChI=1S/C13H18N2O3/c1-14-5-7-15(8-6-14)11-3-2-4-12(9-11)18-10-13(16)17/h2-4,9H,5-8,10H2,1H3,(H,16,17). The molecular formula is C13H18N2O3. The lowest BCUT2D eigenvalue weighted by atomic mass is 10.2. The Morgan fingerprint density at radius 1 is 1.33 bits per heavy atom. The molecule has 5 heteroatoms. The molecule has 0 bridgehead atoms. The van der Waals surface area contributed by atoms with Crippen LogP contribution in [0.5, 0.6) is 5.75 Å². The molecule has 2 rings (SSSR count). The number of rotatable bonds is 4. The maximum atomic E-state index is 10.5.